The van der Waals surface area contributed by atoms with Crippen LogP contribution >= 0.6 is 11.6 Å². The number of nitrogens with zero attached hydrogens (tertiary/aromatic N) is 1. The summed E-state index contributed by atoms with van der Waals surface area (Å²) >= 11 is 6.02. The van der Waals surface area contributed by atoms with Crippen molar-refractivity contribution >= 4 is 33.2 Å². The quantitative estimate of drug-likeness (QED) is 0.750. The van der Waals surface area contributed by atoms with Crippen molar-refractivity contribution in [1.29, 1.82) is 0 Å². The van der Waals surface area contributed by atoms with Crippen LogP contribution in [0, 0.1) is 6.92 Å². The van der Waals surface area contributed by atoms with Gasteiger partial charge in [0.25, 0.3) is 0 Å². The number of carbonyl (C=O) groups excluding carboxylic acids is 1. The SMILES string of the molecule is CC[C@@H](C(=O)N[C@@H](C)c1ccc(C)cc1)N(c1cccc(Cl)c1)S(C)(=O)=O. The van der Waals surface area contributed by atoms with Crippen LogP contribution in [-0.2, 0) is 14.8 Å². The second kappa shape index (κ2) is 8.76. The monoisotopic (exact) mass is 408 g/mol. The van der Waals surface area contributed by atoms with Crippen molar-refractivity contribution in [3.05, 3.63) is 64.7 Å². The number of rotatable bonds is 7. The Bertz CT molecular complexity index is 898. The minimum atomic E-state index is -3.68. The first-order valence-electron chi connectivity index (χ1n) is 8.75. The van der Waals surface area contributed by atoms with Gasteiger partial charge in [0.2, 0.25) is 15.9 Å². The molecule has 146 valence electrons. The molecule has 7 heteroatoms. The molecule has 0 spiro atoms. The molecule has 1 amide bonds. The van der Waals surface area contributed by atoms with Gasteiger partial charge in [-0.2, -0.15) is 0 Å². The van der Waals surface area contributed by atoms with Crippen molar-refractivity contribution in [2.75, 3.05) is 10.6 Å². The molecule has 0 aliphatic carbocycles. The first-order chi connectivity index (χ1) is 12.6. The molecule has 0 saturated heterocycles. The zero-order valence-electron chi connectivity index (χ0n) is 15.9. The van der Waals surface area contributed by atoms with E-state index in [0.29, 0.717) is 17.1 Å². The summed E-state index contributed by atoms with van der Waals surface area (Å²) in [5.41, 5.74) is 2.46. The fourth-order valence-corrected chi connectivity index (χ4v) is 4.31. The van der Waals surface area contributed by atoms with Crippen molar-refractivity contribution in [3.63, 3.8) is 0 Å². The summed E-state index contributed by atoms with van der Waals surface area (Å²) in [6.07, 6.45) is 1.42. The number of hydrogen-bond acceptors (Lipinski definition) is 3. The summed E-state index contributed by atoms with van der Waals surface area (Å²) in [5, 5.41) is 3.33. The normalized spacial score (nSPS) is 13.7. The van der Waals surface area contributed by atoms with Gasteiger partial charge in [0, 0.05) is 5.02 Å². The van der Waals surface area contributed by atoms with Crippen LogP contribution in [0.4, 0.5) is 5.69 Å². The van der Waals surface area contributed by atoms with Gasteiger partial charge in [0.05, 0.1) is 18.0 Å². The molecule has 0 saturated carbocycles. The smallest absolute Gasteiger partial charge is 0.244 e. The molecule has 0 aromatic heterocycles. The summed E-state index contributed by atoms with van der Waals surface area (Å²) < 4.78 is 26.0. The highest BCUT2D eigenvalue weighted by Gasteiger charge is 2.32. The van der Waals surface area contributed by atoms with Gasteiger partial charge in [-0.15, -0.1) is 0 Å². The zero-order chi connectivity index (χ0) is 20.2. The molecule has 2 atom stereocenters. The molecular weight excluding hydrogens is 384 g/mol. The van der Waals surface area contributed by atoms with E-state index in [0.717, 1.165) is 21.7 Å². The Labute approximate surface area is 166 Å². The third kappa shape index (κ3) is 5.47. The van der Waals surface area contributed by atoms with E-state index in [1.165, 1.54) is 0 Å². The summed E-state index contributed by atoms with van der Waals surface area (Å²) in [5.74, 6) is -0.351. The van der Waals surface area contributed by atoms with Crippen LogP contribution in [0.1, 0.15) is 37.4 Å². The Balaban J connectivity index is 2.30. The minimum absolute atomic E-state index is 0.243. The second-order valence-electron chi connectivity index (χ2n) is 6.60. The summed E-state index contributed by atoms with van der Waals surface area (Å²) in [4.78, 5) is 12.9. The standard InChI is InChI=1S/C20H25ClN2O3S/c1-5-19(20(24)22-15(3)16-11-9-14(2)10-12-16)23(27(4,25)26)18-8-6-7-17(21)13-18/h6-13,15,19H,5H2,1-4H3,(H,22,24)/t15-,19-/m0/s1. The van der Waals surface area contributed by atoms with Crippen LogP contribution in [-0.4, -0.2) is 26.6 Å². The fourth-order valence-electron chi connectivity index (χ4n) is 2.92. The highest BCUT2D eigenvalue weighted by Crippen LogP contribution is 2.26. The molecule has 0 aliphatic rings. The summed E-state index contributed by atoms with van der Waals surface area (Å²) in [6.45, 7) is 5.65. The van der Waals surface area contributed by atoms with E-state index in [9.17, 15) is 13.2 Å². The average molecular weight is 409 g/mol. The molecule has 0 bridgehead atoms. The predicted molar refractivity (Wildman–Crippen MR) is 111 cm³/mol. The minimum Gasteiger partial charge on any atom is -0.348 e. The third-order valence-corrected chi connectivity index (χ3v) is 5.74. The molecule has 0 fully saturated rings. The van der Waals surface area contributed by atoms with E-state index in [2.05, 4.69) is 5.32 Å². The lowest BCUT2D eigenvalue weighted by Crippen LogP contribution is -2.49. The third-order valence-electron chi connectivity index (χ3n) is 4.33. The van der Waals surface area contributed by atoms with Gasteiger partial charge in [-0.1, -0.05) is 54.4 Å². The first-order valence-corrected chi connectivity index (χ1v) is 11.0. The maximum Gasteiger partial charge on any atom is 0.244 e. The maximum atomic E-state index is 12.9. The van der Waals surface area contributed by atoms with Crippen LogP contribution in [0.3, 0.4) is 0 Å². The lowest BCUT2D eigenvalue weighted by atomic mass is 10.1. The Kier molecular flexibility index (Phi) is 6.89. The Morgan fingerprint density at radius 2 is 1.81 bits per heavy atom. The van der Waals surface area contributed by atoms with Gasteiger partial charge in [0.15, 0.2) is 0 Å². The van der Waals surface area contributed by atoms with E-state index in [-0.39, 0.29) is 11.9 Å². The molecule has 2 aromatic carbocycles. The number of anilines is 1. The number of hydrogen-bond donors (Lipinski definition) is 1. The number of sulfonamides is 1. The molecule has 0 heterocycles. The molecule has 2 aromatic rings. The Morgan fingerprint density at radius 3 is 2.33 bits per heavy atom. The van der Waals surface area contributed by atoms with Gasteiger partial charge in [-0.25, -0.2) is 8.42 Å². The van der Waals surface area contributed by atoms with Crippen molar-refractivity contribution in [2.24, 2.45) is 0 Å². The molecule has 0 radical (unpaired) electrons. The number of halogens is 1. The Hall–Kier alpha value is -2.05. The number of aryl methyl sites for hydroxylation is 1. The fraction of sp³-hybridized carbons (Fsp3) is 0.350. The largest absolute Gasteiger partial charge is 0.348 e. The van der Waals surface area contributed by atoms with Gasteiger partial charge < -0.3 is 5.32 Å². The van der Waals surface area contributed by atoms with Gasteiger partial charge >= 0.3 is 0 Å². The van der Waals surface area contributed by atoms with Crippen molar-refractivity contribution in [1.82, 2.24) is 5.32 Å². The van der Waals surface area contributed by atoms with Crippen molar-refractivity contribution in [3.8, 4) is 0 Å². The average Bonchev–Trinajstić information content (AvgIpc) is 2.58. The summed E-state index contributed by atoms with van der Waals surface area (Å²) in [7, 11) is -3.68. The number of carbonyl (C=O) groups is 1. The van der Waals surface area contributed by atoms with Crippen molar-refractivity contribution < 1.29 is 13.2 Å². The van der Waals surface area contributed by atoms with Crippen molar-refractivity contribution in [2.45, 2.75) is 39.3 Å². The lowest BCUT2D eigenvalue weighted by Gasteiger charge is -2.31. The highest BCUT2D eigenvalue weighted by atomic mass is 35.5. The lowest BCUT2D eigenvalue weighted by molar-refractivity contribution is -0.122. The number of amides is 1. The second-order valence-corrected chi connectivity index (χ2v) is 8.90. The maximum absolute atomic E-state index is 12.9. The van der Waals surface area contributed by atoms with Gasteiger partial charge in [-0.05, 0) is 44.0 Å². The first kappa shape index (κ1) is 21.3. The molecule has 5 nitrogen and oxygen atoms in total. The van der Waals surface area contributed by atoms with Gasteiger partial charge in [0.1, 0.15) is 6.04 Å². The van der Waals surface area contributed by atoms with Crippen LogP contribution in [0.15, 0.2) is 48.5 Å². The number of benzene rings is 2. The predicted octanol–water partition coefficient (Wildman–Crippen LogP) is 4.07. The number of nitrogens with one attached hydrogen (secondary N) is 1. The topological polar surface area (TPSA) is 66.5 Å². The van der Waals surface area contributed by atoms with Crippen LogP contribution in [0.5, 0.6) is 0 Å². The molecule has 1 N–H and O–H groups in total. The van der Waals surface area contributed by atoms with E-state index in [4.69, 9.17) is 11.6 Å². The molecule has 0 aliphatic heterocycles. The van der Waals surface area contributed by atoms with Crippen LogP contribution < -0.4 is 9.62 Å². The molecule has 2 rings (SSSR count). The molecule has 0 unspecified atom stereocenters. The highest BCUT2D eigenvalue weighted by molar-refractivity contribution is 7.92. The van der Waals surface area contributed by atoms with Crippen LogP contribution in [0.25, 0.3) is 0 Å². The summed E-state index contributed by atoms with van der Waals surface area (Å²) in [6, 6.07) is 13.2. The molecule has 27 heavy (non-hydrogen) atoms. The Morgan fingerprint density at radius 1 is 1.19 bits per heavy atom. The van der Waals surface area contributed by atoms with E-state index in [1.807, 2.05) is 38.1 Å². The molecular formula is C20H25ClN2O3S. The van der Waals surface area contributed by atoms with Crippen LogP contribution in [0.2, 0.25) is 5.02 Å². The van der Waals surface area contributed by atoms with E-state index >= 15 is 0 Å². The zero-order valence-corrected chi connectivity index (χ0v) is 17.5. The van der Waals surface area contributed by atoms with E-state index < -0.39 is 16.1 Å². The van der Waals surface area contributed by atoms with Gasteiger partial charge in [-0.3, -0.25) is 9.10 Å². The van der Waals surface area contributed by atoms with E-state index in [1.54, 1.807) is 31.2 Å².